The lowest BCUT2D eigenvalue weighted by atomic mass is 10.1. The number of rotatable bonds is 5. The molecule has 23 heavy (non-hydrogen) atoms. The third kappa shape index (κ3) is 3.46. The van der Waals surface area contributed by atoms with E-state index in [0.29, 0.717) is 11.9 Å². The molecule has 2 aromatic heterocycles. The molecule has 0 aliphatic carbocycles. The maximum atomic E-state index is 11.0. The normalized spacial score (nSPS) is 15.8. The summed E-state index contributed by atoms with van der Waals surface area (Å²) in [6, 6.07) is 0.333. The molecule has 1 aliphatic heterocycles. The van der Waals surface area contributed by atoms with Crippen LogP contribution in [0.1, 0.15) is 48.4 Å². The molecule has 8 nitrogen and oxygen atoms in total. The lowest BCUT2D eigenvalue weighted by Crippen LogP contribution is -2.35. The second-order valence-electron chi connectivity index (χ2n) is 5.73. The van der Waals surface area contributed by atoms with Crippen molar-refractivity contribution in [3.63, 3.8) is 0 Å². The number of carboxylic acids is 1. The van der Waals surface area contributed by atoms with Gasteiger partial charge >= 0.3 is 5.97 Å². The van der Waals surface area contributed by atoms with Crippen LogP contribution in [0.25, 0.3) is 0 Å². The number of hydrogen-bond donors (Lipinski definition) is 1. The SMILES string of the molecule is CCCc1cn(C2CCN(c3cncc(C(=O)O)n3)CC2)nn1. The number of carboxylic acid groups (broad SMARTS) is 1. The van der Waals surface area contributed by atoms with Gasteiger partial charge in [0.1, 0.15) is 5.82 Å². The summed E-state index contributed by atoms with van der Waals surface area (Å²) in [5.74, 6) is -0.436. The molecule has 1 fully saturated rings. The molecule has 1 N–H and O–H groups in total. The van der Waals surface area contributed by atoms with E-state index in [1.165, 1.54) is 6.20 Å². The van der Waals surface area contributed by atoms with Crippen molar-refractivity contribution in [1.29, 1.82) is 0 Å². The molecule has 0 radical (unpaired) electrons. The molecule has 0 saturated carbocycles. The predicted molar refractivity (Wildman–Crippen MR) is 83.5 cm³/mol. The van der Waals surface area contributed by atoms with E-state index in [-0.39, 0.29) is 5.69 Å². The zero-order valence-electron chi connectivity index (χ0n) is 13.1. The Bertz CT molecular complexity index is 678. The Hall–Kier alpha value is -2.51. The predicted octanol–water partition coefficient (Wildman–Crippen LogP) is 1.56. The Morgan fingerprint density at radius 3 is 2.83 bits per heavy atom. The summed E-state index contributed by atoms with van der Waals surface area (Å²) in [6.07, 6.45) is 8.79. The number of aromatic carboxylic acids is 1. The van der Waals surface area contributed by atoms with Crippen LogP contribution in [-0.2, 0) is 6.42 Å². The van der Waals surface area contributed by atoms with Gasteiger partial charge in [0.2, 0.25) is 0 Å². The van der Waals surface area contributed by atoms with Crippen molar-refractivity contribution in [2.75, 3.05) is 18.0 Å². The summed E-state index contributed by atoms with van der Waals surface area (Å²) in [5.41, 5.74) is 1.01. The Balaban J connectivity index is 1.63. The minimum atomic E-state index is -1.06. The monoisotopic (exact) mass is 316 g/mol. The van der Waals surface area contributed by atoms with E-state index in [1.807, 2.05) is 10.9 Å². The number of aromatic nitrogens is 5. The molecule has 0 aromatic carbocycles. The first-order valence-electron chi connectivity index (χ1n) is 7.88. The quantitative estimate of drug-likeness (QED) is 0.894. The molecule has 3 heterocycles. The summed E-state index contributed by atoms with van der Waals surface area (Å²) in [5, 5.41) is 17.4. The summed E-state index contributed by atoms with van der Waals surface area (Å²) >= 11 is 0. The first kappa shape index (κ1) is 15.4. The topological polar surface area (TPSA) is 97.0 Å². The standard InChI is InChI=1S/C15H20N6O2/c1-2-3-11-10-21(19-18-11)12-4-6-20(7-5-12)14-9-16-8-13(17-14)15(22)23/h8-10,12H,2-7H2,1H3,(H,22,23). The number of carbonyl (C=O) groups is 1. The average molecular weight is 316 g/mol. The summed E-state index contributed by atoms with van der Waals surface area (Å²) < 4.78 is 1.96. The van der Waals surface area contributed by atoms with Gasteiger partial charge in [-0.25, -0.2) is 14.5 Å². The molecule has 0 bridgehead atoms. The molecule has 1 saturated heterocycles. The van der Waals surface area contributed by atoms with Gasteiger partial charge in [-0.1, -0.05) is 18.6 Å². The number of anilines is 1. The summed E-state index contributed by atoms with van der Waals surface area (Å²) in [4.78, 5) is 21.2. The molecular formula is C15H20N6O2. The highest BCUT2D eigenvalue weighted by Gasteiger charge is 2.23. The van der Waals surface area contributed by atoms with Crippen LogP contribution < -0.4 is 4.90 Å². The molecule has 0 unspecified atom stereocenters. The first-order chi connectivity index (χ1) is 11.2. The van der Waals surface area contributed by atoms with E-state index >= 15 is 0 Å². The molecule has 0 atom stereocenters. The van der Waals surface area contributed by atoms with Crippen molar-refractivity contribution in [2.24, 2.45) is 0 Å². The number of piperidine rings is 1. The summed E-state index contributed by atoms with van der Waals surface area (Å²) in [7, 11) is 0. The largest absolute Gasteiger partial charge is 0.476 e. The molecule has 0 amide bonds. The minimum absolute atomic E-state index is 0.0230. The van der Waals surface area contributed by atoms with Gasteiger partial charge in [0.25, 0.3) is 0 Å². The minimum Gasteiger partial charge on any atom is -0.476 e. The van der Waals surface area contributed by atoms with Crippen molar-refractivity contribution < 1.29 is 9.90 Å². The van der Waals surface area contributed by atoms with Crippen LogP contribution in [0.4, 0.5) is 5.82 Å². The number of hydrogen-bond acceptors (Lipinski definition) is 6. The fraction of sp³-hybridized carbons (Fsp3) is 0.533. The Kier molecular flexibility index (Phi) is 4.50. The number of nitrogens with zero attached hydrogens (tertiary/aromatic N) is 6. The first-order valence-corrected chi connectivity index (χ1v) is 7.88. The molecule has 122 valence electrons. The van der Waals surface area contributed by atoms with Crippen molar-refractivity contribution >= 4 is 11.8 Å². The van der Waals surface area contributed by atoms with Gasteiger partial charge in [0.05, 0.1) is 24.1 Å². The maximum absolute atomic E-state index is 11.0. The second-order valence-corrected chi connectivity index (χ2v) is 5.73. The van der Waals surface area contributed by atoms with E-state index in [9.17, 15) is 4.79 Å². The average Bonchev–Trinajstić information content (AvgIpc) is 3.04. The van der Waals surface area contributed by atoms with Crippen molar-refractivity contribution in [1.82, 2.24) is 25.0 Å². The van der Waals surface area contributed by atoms with E-state index in [1.54, 1.807) is 6.20 Å². The van der Waals surface area contributed by atoms with Gasteiger partial charge in [-0.3, -0.25) is 4.98 Å². The highest BCUT2D eigenvalue weighted by Crippen LogP contribution is 2.24. The third-order valence-electron chi connectivity index (χ3n) is 4.07. The second kappa shape index (κ2) is 6.72. The van der Waals surface area contributed by atoms with Gasteiger partial charge in [0, 0.05) is 19.3 Å². The molecule has 1 aliphatic rings. The Morgan fingerprint density at radius 2 is 2.13 bits per heavy atom. The van der Waals surface area contributed by atoms with Gasteiger partial charge in [-0.2, -0.15) is 0 Å². The number of aryl methyl sites for hydroxylation is 1. The highest BCUT2D eigenvalue weighted by molar-refractivity contribution is 5.85. The van der Waals surface area contributed by atoms with Gasteiger partial charge in [0.15, 0.2) is 5.69 Å². The fourth-order valence-corrected chi connectivity index (χ4v) is 2.83. The zero-order chi connectivity index (χ0) is 16.2. The highest BCUT2D eigenvalue weighted by atomic mass is 16.4. The molecular weight excluding hydrogens is 296 g/mol. The van der Waals surface area contributed by atoms with Crippen LogP contribution in [0.3, 0.4) is 0 Å². The smallest absolute Gasteiger partial charge is 0.356 e. The van der Waals surface area contributed by atoms with Crippen LogP contribution in [0.2, 0.25) is 0 Å². The third-order valence-corrected chi connectivity index (χ3v) is 4.07. The van der Waals surface area contributed by atoms with Gasteiger partial charge in [-0.15, -0.1) is 5.10 Å². The van der Waals surface area contributed by atoms with E-state index in [2.05, 4.69) is 32.1 Å². The van der Waals surface area contributed by atoms with Gasteiger partial charge < -0.3 is 10.0 Å². The van der Waals surface area contributed by atoms with Crippen LogP contribution in [0.15, 0.2) is 18.6 Å². The van der Waals surface area contributed by atoms with Crippen LogP contribution in [0, 0.1) is 0 Å². The molecule has 8 heteroatoms. The maximum Gasteiger partial charge on any atom is 0.356 e. The summed E-state index contributed by atoms with van der Waals surface area (Å²) in [6.45, 7) is 3.72. The van der Waals surface area contributed by atoms with Crippen LogP contribution >= 0.6 is 0 Å². The van der Waals surface area contributed by atoms with Gasteiger partial charge in [-0.05, 0) is 19.3 Å². The molecule has 2 aromatic rings. The van der Waals surface area contributed by atoms with Crippen molar-refractivity contribution in [2.45, 2.75) is 38.6 Å². The van der Waals surface area contributed by atoms with Crippen LogP contribution in [0.5, 0.6) is 0 Å². The van der Waals surface area contributed by atoms with Crippen molar-refractivity contribution in [3.05, 3.63) is 30.0 Å². The Morgan fingerprint density at radius 1 is 1.35 bits per heavy atom. The molecule has 0 spiro atoms. The van der Waals surface area contributed by atoms with Crippen molar-refractivity contribution in [3.8, 4) is 0 Å². The fourth-order valence-electron chi connectivity index (χ4n) is 2.83. The Labute approximate surface area is 134 Å². The van der Waals surface area contributed by atoms with E-state index in [4.69, 9.17) is 5.11 Å². The van der Waals surface area contributed by atoms with Crippen LogP contribution in [-0.4, -0.2) is 49.1 Å². The zero-order valence-corrected chi connectivity index (χ0v) is 13.1. The lowest BCUT2D eigenvalue weighted by molar-refractivity contribution is 0.0690. The lowest BCUT2D eigenvalue weighted by Gasteiger charge is -2.32. The van der Waals surface area contributed by atoms with E-state index < -0.39 is 5.97 Å². The van der Waals surface area contributed by atoms with E-state index in [0.717, 1.165) is 44.5 Å². The molecule has 3 rings (SSSR count).